The Kier molecular flexibility index (Phi) is 5.95. The Balaban J connectivity index is 1.80. The Morgan fingerprint density at radius 1 is 1.25 bits per heavy atom. The molecule has 0 spiro atoms. The van der Waals surface area contributed by atoms with Gasteiger partial charge >= 0.3 is 0 Å². The summed E-state index contributed by atoms with van der Waals surface area (Å²) in [4.78, 5) is 8.41. The zero-order valence-electron chi connectivity index (χ0n) is 14.7. The van der Waals surface area contributed by atoms with Crippen LogP contribution in [0.5, 0.6) is 0 Å². The van der Waals surface area contributed by atoms with E-state index in [9.17, 15) is 4.39 Å². The predicted molar refractivity (Wildman–Crippen MR) is 93.5 cm³/mol. The van der Waals surface area contributed by atoms with E-state index < -0.39 is 0 Å². The van der Waals surface area contributed by atoms with Crippen molar-refractivity contribution in [2.24, 2.45) is 4.99 Å². The van der Waals surface area contributed by atoms with Gasteiger partial charge in [0, 0.05) is 19.0 Å². The minimum absolute atomic E-state index is 0.0646. The molecule has 0 radical (unpaired) electrons. The number of guanidine groups is 1. The van der Waals surface area contributed by atoms with Crippen molar-refractivity contribution in [1.82, 2.24) is 15.6 Å². The molecular weight excluding hydrogens is 307 g/mol. The molecule has 130 valence electrons. The van der Waals surface area contributed by atoms with Crippen molar-refractivity contribution in [1.29, 1.82) is 0 Å². The van der Waals surface area contributed by atoms with E-state index in [1.165, 1.54) is 6.07 Å². The number of oxazole rings is 1. The van der Waals surface area contributed by atoms with Crippen LogP contribution in [0.1, 0.15) is 38.0 Å². The fourth-order valence-corrected chi connectivity index (χ4v) is 2.14. The monoisotopic (exact) mass is 332 g/mol. The maximum atomic E-state index is 13.6. The second-order valence-corrected chi connectivity index (χ2v) is 6.56. The van der Waals surface area contributed by atoms with Crippen LogP contribution in [0.25, 0.3) is 0 Å². The van der Waals surface area contributed by atoms with Crippen molar-refractivity contribution >= 4 is 5.96 Å². The van der Waals surface area contributed by atoms with Gasteiger partial charge in [-0.25, -0.2) is 9.37 Å². The molecule has 24 heavy (non-hydrogen) atoms. The van der Waals surface area contributed by atoms with Crippen LogP contribution in [-0.4, -0.2) is 24.5 Å². The molecule has 0 aliphatic heterocycles. The molecule has 0 atom stereocenters. The smallest absolute Gasteiger partial charge is 0.213 e. The summed E-state index contributed by atoms with van der Waals surface area (Å²) in [5.74, 6) is 1.90. The van der Waals surface area contributed by atoms with Gasteiger partial charge < -0.3 is 15.1 Å². The van der Waals surface area contributed by atoms with Gasteiger partial charge in [0.25, 0.3) is 0 Å². The van der Waals surface area contributed by atoms with E-state index in [1.54, 1.807) is 25.4 Å². The first-order chi connectivity index (χ1) is 11.4. The number of rotatable bonds is 5. The fourth-order valence-electron chi connectivity index (χ4n) is 2.14. The SMILES string of the molecule is CN=C(NCCc1ccccc1F)NCc1ncc(C(C)(C)C)o1. The second kappa shape index (κ2) is 7.95. The molecule has 0 fully saturated rings. The molecule has 0 bridgehead atoms. The molecule has 2 N–H and O–H groups in total. The first-order valence-electron chi connectivity index (χ1n) is 8.03. The van der Waals surface area contributed by atoms with Crippen LogP contribution < -0.4 is 10.6 Å². The van der Waals surface area contributed by atoms with E-state index in [2.05, 4.69) is 41.4 Å². The van der Waals surface area contributed by atoms with Gasteiger partial charge in [-0.3, -0.25) is 4.99 Å². The zero-order valence-corrected chi connectivity index (χ0v) is 14.7. The first kappa shape index (κ1) is 18.0. The lowest BCUT2D eigenvalue weighted by atomic mass is 9.94. The molecule has 0 aliphatic rings. The summed E-state index contributed by atoms with van der Waals surface area (Å²) in [6, 6.07) is 6.78. The van der Waals surface area contributed by atoms with Gasteiger partial charge in [0.15, 0.2) is 5.96 Å². The Morgan fingerprint density at radius 3 is 2.62 bits per heavy atom. The van der Waals surface area contributed by atoms with Crippen molar-refractivity contribution < 1.29 is 8.81 Å². The molecule has 0 amide bonds. The Bertz CT molecular complexity index is 688. The molecular formula is C18H25FN4O. The topological polar surface area (TPSA) is 62.5 Å². The molecule has 0 aliphatic carbocycles. The maximum Gasteiger partial charge on any atom is 0.213 e. The number of hydrogen-bond acceptors (Lipinski definition) is 3. The van der Waals surface area contributed by atoms with Crippen molar-refractivity contribution in [3.8, 4) is 0 Å². The maximum absolute atomic E-state index is 13.6. The molecule has 2 rings (SSSR count). The minimum atomic E-state index is -0.184. The fraction of sp³-hybridized carbons (Fsp3) is 0.444. The van der Waals surface area contributed by atoms with Crippen molar-refractivity contribution in [2.75, 3.05) is 13.6 Å². The number of aromatic nitrogens is 1. The van der Waals surface area contributed by atoms with Crippen LogP contribution in [0.2, 0.25) is 0 Å². The van der Waals surface area contributed by atoms with Gasteiger partial charge in [-0.05, 0) is 18.1 Å². The molecule has 0 saturated heterocycles. The van der Waals surface area contributed by atoms with Crippen LogP contribution in [0, 0.1) is 5.82 Å². The lowest BCUT2D eigenvalue weighted by molar-refractivity contribution is 0.379. The number of benzene rings is 1. The van der Waals surface area contributed by atoms with Crippen LogP contribution in [0.3, 0.4) is 0 Å². The van der Waals surface area contributed by atoms with E-state index in [4.69, 9.17) is 4.42 Å². The summed E-state index contributed by atoms with van der Waals surface area (Å²) in [5.41, 5.74) is 0.619. The van der Waals surface area contributed by atoms with Gasteiger partial charge in [-0.2, -0.15) is 0 Å². The number of aliphatic imine (C=N–C) groups is 1. The molecule has 0 saturated carbocycles. The average molecular weight is 332 g/mol. The quantitative estimate of drug-likeness (QED) is 0.653. The van der Waals surface area contributed by atoms with E-state index in [0.717, 1.165) is 5.76 Å². The van der Waals surface area contributed by atoms with Crippen molar-refractivity contribution in [3.05, 3.63) is 53.5 Å². The third-order valence-corrected chi connectivity index (χ3v) is 3.57. The minimum Gasteiger partial charge on any atom is -0.443 e. The van der Waals surface area contributed by atoms with Crippen LogP contribution in [-0.2, 0) is 18.4 Å². The number of hydrogen-bond donors (Lipinski definition) is 2. The molecule has 1 heterocycles. The summed E-state index contributed by atoms with van der Waals surface area (Å²) >= 11 is 0. The molecule has 1 aromatic heterocycles. The predicted octanol–water partition coefficient (Wildman–Crippen LogP) is 3.02. The number of nitrogens with one attached hydrogen (secondary N) is 2. The largest absolute Gasteiger partial charge is 0.443 e. The standard InChI is InChI=1S/C18H25FN4O/c1-18(2,3)15-11-22-16(24-15)12-23-17(20-4)21-10-9-13-7-5-6-8-14(13)19/h5-8,11H,9-10,12H2,1-4H3,(H2,20,21,23). The highest BCUT2D eigenvalue weighted by Crippen LogP contribution is 2.22. The van der Waals surface area contributed by atoms with Crippen LogP contribution >= 0.6 is 0 Å². The Hall–Kier alpha value is -2.37. The second-order valence-electron chi connectivity index (χ2n) is 6.56. The summed E-state index contributed by atoms with van der Waals surface area (Å²) in [7, 11) is 1.69. The summed E-state index contributed by atoms with van der Waals surface area (Å²) < 4.78 is 19.3. The summed E-state index contributed by atoms with van der Waals surface area (Å²) in [6.45, 7) is 7.25. The molecule has 6 heteroatoms. The van der Waals surface area contributed by atoms with Gasteiger partial charge in [0.1, 0.15) is 11.6 Å². The molecule has 5 nitrogen and oxygen atoms in total. The highest BCUT2D eigenvalue weighted by Gasteiger charge is 2.19. The average Bonchev–Trinajstić information content (AvgIpc) is 3.01. The van der Waals surface area contributed by atoms with Crippen LogP contribution in [0.4, 0.5) is 4.39 Å². The Morgan fingerprint density at radius 2 is 2.00 bits per heavy atom. The molecule has 0 unspecified atom stereocenters. The lowest BCUT2D eigenvalue weighted by Gasteiger charge is -2.13. The van der Waals surface area contributed by atoms with Gasteiger partial charge in [0.05, 0.1) is 12.7 Å². The first-order valence-corrected chi connectivity index (χ1v) is 8.03. The lowest BCUT2D eigenvalue weighted by Crippen LogP contribution is -2.38. The highest BCUT2D eigenvalue weighted by molar-refractivity contribution is 5.79. The van der Waals surface area contributed by atoms with E-state index in [1.807, 2.05) is 6.07 Å². The number of nitrogens with zero attached hydrogens (tertiary/aromatic N) is 2. The third kappa shape index (κ3) is 5.08. The van der Waals surface area contributed by atoms with Gasteiger partial charge in [-0.15, -0.1) is 0 Å². The molecule has 2 aromatic rings. The van der Waals surface area contributed by atoms with Crippen molar-refractivity contribution in [3.63, 3.8) is 0 Å². The van der Waals surface area contributed by atoms with Crippen molar-refractivity contribution in [2.45, 2.75) is 39.2 Å². The zero-order chi connectivity index (χ0) is 17.6. The van der Waals surface area contributed by atoms with Gasteiger partial charge in [0.2, 0.25) is 5.89 Å². The third-order valence-electron chi connectivity index (χ3n) is 3.57. The Labute approximate surface area is 142 Å². The summed E-state index contributed by atoms with van der Waals surface area (Å²) in [5, 5.41) is 6.30. The van der Waals surface area contributed by atoms with E-state index >= 15 is 0 Å². The van der Waals surface area contributed by atoms with E-state index in [0.29, 0.717) is 36.9 Å². The summed E-state index contributed by atoms with van der Waals surface area (Å²) in [6.07, 6.45) is 2.34. The van der Waals surface area contributed by atoms with Gasteiger partial charge in [-0.1, -0.05) is 39.0 Å². The van der Waals surface area contributed by atoms with E-state index in [-0.39, 0.29) is 11.2 Å². The normalized spacial score (nSPS) is 12.3. The van der Waals surface area contributed by atoms with Crippen LogP contribution in [0.15, 0.2) is 39.9 Å². The number of halogens is 1. The highest BCUT2D eigenvalue weighted by atomic mass is 19.1. The molecule has 1 aromatic carbocycles.